The lowest BCUT2D eigenvalue weighted by Crippen LogP contribution is -2.41. The van der Waals surface area contributed by atoms with Gasteiger partial charge < -0.3 is 5.32 Å². The van der Waals surface area contributed by atoms with Crippen LogP contribution in [0.2, 0.25) is 0 Å². The maximum absolute atomic E-state index is 13.0. The van der Waals surface area contributed by atoms with Crippen molar-refractivity contribution < 1.29 is 17.6 Å². The van der Waals surface area contributed by atoms with E-state index in [-0.39, 0.29) is 4.90 Å². The number of amides is 1. The topological polar surface area (TPSA) is 75.3 Å². The normalized spacial score (nSPS) is 12.7. The van der Waals surface area contributed by atoms with Crippen LogP contribution >= 0.6 is 0 Å². The lowest BCUT2D eigenvalue weighted by molar-refractivity contribution is -0.117. The van der Waals surface area contributed by atoms with Crippen molar-refractivity contribution in [2.75, 3.05) is 5.32 Å². The molecule has 1 atom stereocenters. The van der Waals surface area contributed by atoms with Crippen molar-refractivity contribution in [1.29, 1.82) is 0 Å². The SMILES string of the molecule is Cc1cc(F)ccc1NC(=O)C(C)NS(=O)(=O)c1ccccc1. The number of carbonyl (C=O) groups is 1. The van der Waals surface area contributed by atoms with E-state index in [2.05, 4.69) is 10.0 Å². The van der Waals surface area contributed by atoms with Gasteiger partial charge in [0.05, 0.1) is 10.9 Å². The molecule has 0 spiro atoms. The highest BCUT2D eigenvalue weighted by atomic mass is 32.2. The molecule has 1 unspecified atom stereocenters. The molecule has 2 N–H and O–H groups in total. The molecule has 2 rings (SSSR count). The monoisotopic (exact) mass is 336 g/mol. The molecule has 122 valence electrons. The molecular weight excluding hydrogens is 319 g/mol. The van der Waals surface area contributed by atoms with E-state index in [1.165, 1.54) is 37.3 Å². The molecule has 0 saturated heterocycles. The van der Waals surface area contributed by atoms with Crippen LogP contribution in [0.4, 0.5) is 10.1 Å². The molecule has 2 aromatic carbocycles. The standard InChI is InChI=1S/C16H17FN2O3S/c1-11-10-13(17)8-9-15(11)18-16(20)12(2)19-23(21,22)14-6-4-3-5-7-14/h3-10,12,19H,1-2H3,(H,18,20). The largest absolute Gasteiger partial charge is 0.324 e. The molecule has 0 bridgehead atoms. The van der Waals surface area contributed by atoms with E-state index in [1.54, 1.807) is 25.1 Å². The fourth-order valence-corrected chi connectivity index (χ4v) is 3.19. The van der Waals surface area contributed by atoms with Gasteiger partial charge in [-0.15, -0.1) is 0 Å². The zero-order chi connectivity index (χ0) is 17.0. The molecule has 7 heteroatoms. The van der Waals surface area contributed by atoms with Gasteiger partial charge >= 0.3 is 0 Å². The van der Waals surface area contributed by atoms with Crippen molar-refractivity contribution >= 4 is 21.6 Å². The Kier molecular flexibility index (Phi) is 5.12. The highest BCUT2D eigenvalue weighted by Crippen LogP contribution is 2.16. The van der Waals surface area contributed by atoms with E-state index in [0.29, 0.717) is 11.3 Å². The summed E-state index contributed by atoms with van der Waals surface area (Å²) in [6.45, 7) is 3.09. The Morgan fingerprint density at radius 1 is 1.13 bits per heavy atom. The summed E-state index contributed by atoms with van der Waals surface area (Å²) in [7, 11) is -3.78. The second-order valence-electron chi connectivity index (χ2n) is 5.10. The number of nitrogens with one attached hydrogen (secondary N) is 2. The molecule has 0 aromatic heterocycles. The summed E-state index contributed by atoms with van der Waals surface area (Å²) in [4.78, 5) is 12.2. The molecule has 0 aliphatic rings. The van der Waals surface area contributed by atoms with Gasteiger partial charge in [0, 0.05) is 5.69 Å². The van der Waals surface area contributed by atoms with Crippen molar-refractivity contribution in [3.8, 4) is 0 Å². The molecule has 0 aliphatic heterocycles. The molecule has 5 nitrogen and oxygen atoms in total. The summed E-state index contributed by atoms with van der Waals surface area (Å²) >= 11 is 0. The average Bonchev–Trinajstić information content (AvgIpc) is 2.50. The second-order valence-corrected chi connectivity index (χ2v) is 6.82. The first-order chi connectivity index (χ1) is 10.8. The van der Waals surface area contributed by atoms with Crippen LogP contribution in [0, 0.1) is 12.7 Å². The number of hydrogen-bond donors (Lipinski definition) is 2. The summed E-state index contributed by atoms with van der Waals surface area (Å²) in [5, 5.41) is 2.58. The third-order valence-corrected chi connectivity index (χ3v) is 4.78. The first kappa shape index (κ1) is 17.1. The van der Waals surface area contributed by atoms with Crippen LogP contribution in [0.5, 0.6) is 0 Å². The Hall–Kier alpha value is -2.25. The van der Waals surface area contributed by atoms with Gasteiger partial charge in [-0.1, -0.05) is 18.2 Å². The van der Waals surface area contributed by atoms with Gasteiger partial charge in [0.15, 0.2) is 0 Å². The Balaban J connectivity index is 2.08. The average molecular weight is 336 g/mol. The zero-order valence-electron chi connectivity index (χ0n) is 12.7. The van der Waals surface area contributed by atoms with Crippen molar-refractivity contribution in [2.24, 2.45) is 0 Å². The maximum atomic E-state index is 13.0. The summed E-state index contributed by atoms with van der Waals surface area (Å²) in [5.74, 6) is -0.933. The quantitative estimate of drug-likeness (QED) is 0.880. The van der Waals surface area contributed by atoms with E-state index in [4.69, 9.17) is 0 Å². The molecule has 0 fully saturated rings. The summed E-state index contributed by atoms with van der Waals surface area (Å²) in [5.41, 5.74) is 0.985. The van der Waals surface area contributed by atoms with Gasteiger partial charge in [-0.2, -0.15) is 4.72 Å². The van der Waals surface area contributed by atoms with Gasteiger partial charge in [-0.25, -0.2) is 12.8 Å². The van der Waals surface area contributed by atoms with Crippen LogP contribution in [-0.4, -0.2) is 20.4 Å². The molecule has 0 radical (unpaired) electrons. The summed E-state index contributed by atoms with van der Waals surface area (Å²) in [6, 6.07) is 10.7. The number of aryl methyl sites for hydroxylation is 1. The van der Waals surface area contributed by atoms with Gasteiger partial charge in [-0.05, 0) is 49.7 Å². The van der Waals surface area contributed by atoms with Crippen molar-refractivity contribution in [3.63, 3.8) is 0 Å². The van der Waals surface area contributed by atoms with Crippen LogP contribution in [0.15, 0.2) is 53.4 Å². The van der Waals surface area contributed by atoms with Crippen LogP contribution in [0.1, 0.15) is 12.5 Å². The van der Waals surface area contributed by atoms with E-state index in [9.17, 15) is 17.6 Å². The number of carbonyl (C=O) groups excluding carboxylic acids is 1. The van der Waals surface area contributed by atoms with Gasteiger partial charge in [0.2, 0.25) is 15.9 Å². The molecule has 1 amide bonds. The third kappa shape index (κ3) is 4.37. The Bertz CT molecular complexity index is 807. The number of hydrogen-bond acceptors (Lipinski definition) is 3. The van der Waals surface area contributed by atoms with Crippen molar-refractivity contribution in [1.82, 2.24) is 4.72 Å². The van der Waals surface area contributed by atoms with Crippen molar-refractivity contribution in [2.45, 2.75) is 24.8 Å². The highest BCUT2D eigenvalue weighted by molar-refractivity contribution is 7.89. The lowest BCUT2D eigenvalue weighted by atomic mass is 10.2. The second kappa shape index (κ2) is 6.89. The van der Waals surface area contributed by atoms with Gasteiger partial charge in [0.1, 0.15) is 5.82 Å². The Labute approximate surface area is 134 Å². The summed E-state index contributed by atoms with van der Waals surface area (Å²) < 4.78 is 39.7. The van der Waals surface area contributed by atoms with Crippen LogP contribution in [0.25, 0.3) is 0 Å². The van der Waals surface area contributed by atoms with Crippen LogP contribution in [0.3, 0.4) is 0 Å². The smallest absolute Gasteiger partial charge is 0.242 e. The maximum Gasteiger partial charge on any atom is 0.242 e. The number of halogens is 1. The fraction of sp³-hybridized carbons (Fsp3) is 0.188. The van der Waals surface area contributed by atoms with E-state index >= 15 is 0 Å². The first-order valence-electron chi connectivity index (χ1n) is 6.94. The molecular formula is C16H17FN2O3S. The number of rotatable bonds is 5. The fourth-order valence-electron chi connectivity index (χ4n) is 1.96. The van der Waals surface area contributed by atoms with E-state index in [1.807, 2.05) is 0 Å². The molecule has 2 aromatic rings. The number of sulfonamides is 1. The Morgan fingerprint density at radius 3 is 2.39 bits per heavy atom. The minimum absolute atomic E-state index is 0.0811. The molecule has 0 heterocycles. The molecule has 0 aliphatic carbocycles. The minimum Gasteiger partial charge on any atom is -0.324 e. The van der Waals surface area contributed by atoms with Gasteiger partial charge in [-0.3, -0.25) is 4.79 Å². The van der Waals surface area contributed by atoms with Gasteiger partial charge in [0.25, 0.3) is 0 Å². The predicted octanol–water partition coefficient (Wildman–Crippen LogP) is 2.44. The highest BCUT2D eigenvalue weighted by Gasteiger charge is 2.22. The Morgan fingerprint density at radius 2 is 1.78 bits per heavy atom. The number of anilines is 1. The van der Waals surface area contributed by atoms with Crippen molar-refractivity contribution in [3.05, 3.63) is 59.9 Å². The van der Waals surface area contributed by atoms with Crippen LogP contribution < -0.4 is 10.0 Å². The minimum atomic E-state index is -3.78. The molecule has 23 heavy (non-hydrogen) atoms. The van der Waals surface area contributed by atoms with E-state index < -0.39 is 27.8 Å². The van der Waals surface area contributed by atoms with E-state index in [0.717, 1.165) is 0 Å². The lowest BCUT2D eigenvalue weighted by Gasteiger charge is -2.15. The zero-order valence-corrected chi connectivity index (χ0v) is 13.5. The third-order valence-electron chi connectivity index (χ3n) is 3.23. The molecule has 0 saturated carbocycles. The predicted molar refractivity (Wildman–Crippen MR) is 86.0 cm³/mol. The number of benzene rings is 2. The summed E-state index contributed by atoms with van der Waals surface area (Å²) in [6.07, 6.45) is 0. The van der Waals surface area contributed by atoms with Crippen LogP contribution in [-0.2, 0) is 14.8 Å². The first-order valence-corrected chi connectivity index (χ1v) is 8.42.